The molecule has 0 aliphatic carbocycles. The molecular weight excluding hydrogens is 381 g/mol. The minimum Gasteiger partial charge on any atom is -0.494 e. The highest BCUT2D eigenvalue weighted by Crippen LogP contribution is 2.25. The van der Waals surface area contributed by atoms with Crippen LogP contribution in [0.5, 0.6) is 5.75 Å². The lowest BCUT2D eigenvalue weighted by Crippen LogP contribution is -2.45. The highest BCUT2D eigenvalue weighted by molar-refractivity contribution is 6.32. The first-order valence-electron chi connectivity index (χ1n) is 9.36. The first-order chi connectivity index (χ1) is 13.7. The van der Waals surface area contributed by atoms with Gasteiger partial charge in [-0.15, -0.1) is 0 Å². The Morgan fingerprint density at radius 2 is 2.18 bits per heavy atom. The van der Waals surface area contributed by atoms with E-state index in [4.69, 9.17) is 16.3 Å². The van der Waals surface area contributed by atoms with Crippen molar-refractivity contribution in [1.29, 1.82) is 0 Å². The summed E-state index contributed by atoms with van der Waals surface area (Å²) in [6.07, 6.45) is 3.55. The van der Waals surface area contributed by atoms with Gasteiger partial charge in [-0.1, -0.05) is 11.6 Å². The normalized spacial score (nSPS) is 16.9. The smallest absolute Gasteiger partial charge is 0.191 e. The topological polar surface area (TPSA) is 61.8 Å². The Kier molecular flexibility index (Phi) is 7.31. The van der Waals surface area contributed by atoms with E-state index in [1.807, 2.05) is 12.1 Å². The molecule has 6 nitrogen and oxygen atoms in total. The molecule has 1 aromatic heterocycles. The van der Waals surface area contributed by atoms with Crippen LogP contribution in [0.25, 0.3) is 0 Å². The number of guanidine groups is 1. The Labute approximate surface area is 169 Å². The highest BCUT2D eigenvalue weighted by atomic mass is 35.5. The van der Waals surface area contributed by atoms with Crippen LogP contribution in [-0.2, 0) is 0 Å². The number of nitrogens with zero attached hydrogens (tertiary/aromatic N) is 3. The Bertz CT molecular complexity index is 786. The molecule has 1 atom stereocenters. The van der Waals surface area contributed by atoms with Crippen LogP contribution in [0.15, 0.2) is 47.6 Å². The van der Waals surface area contributed by atoms with Crippen molar-refractivity contribution in [2.24, 2.45) is 4.99 Å². The Hall–Kier alpha value is -2.54. The molecule has 0 spiro atoms. The van der Waals surface area contributed by atoms with Gasteiger partial charge in [-0.25, -0.2) is 9.37 Å². The van der Waals surface area contributed by atoms with Crippen LogP contribution >= 0.6 is 11.6 Å². The van der Waals surface area contributed by atoms with Gasteiger partial charge in [0.15, 0.2) is 5.96 Å². The molecule has 0 saturated carbocycles. The molecule has 0 amide bonds. The maximum absolute atomic E-state index is 12.9. The van der Waals surface area contributed by atoms with E-state index in [2.05, 4.69) is 25.5 Å². The molecule has 28 heavy (non-hydrogen) atoms. The molecule has 0 radical (unpaired) electrons. The molecule has 150 valence electrons. The molecule has 1 fully saturated rings. The second-order valence-electron chi connectivity index (χ2n) is 6.54. The van der Waals surface area contributed by atoms with Crippen LogP contribution < -0.4 is 20.3 Å². The minimum absolute atomic E-state index is 0.264. The first kappa shape index (κ1) is 20.2. The summed E-state index contributed by atoms with van der Waals surface area (Å²) in [5, 5.41) is 7.41. The zero-order valence-electron chi connectivity index (χ0n) is 15.9. The van der Waals surface area contributed by atoms with Crippen molar-refractivity contribution in [3.63, 3.8) is 0 Å². The zero-order valence-corrected chi connectivity index (χ0v) is 16.6. The van der Waals surface area contributed by atoms with Gasteiger partial charge in [0.25, 0.3) is 0 Å². The maximum Gasteiger partial charge on any atom is 0.191 e. The van der Waals surface area contributed by atoms with Crippen molar-refractivity contribution in [2.45, 2.75) is 18.9 Å². The number of pyridine rings is 1. The molecule has 3 rings (SSSR count). The lowest BCUT2D eigenvalue weighted by molar-refractivity contribution is 0.310. The summed E-state index contributed by atoms with van der Waals surface area (Å²) in [7, 11) is 1.76. The number of rotatable bonds is 7. The van der Waals surface area contributed by atoms with Gasteiger partial charge in [0, 0.05) is 38.9 Å². The van der Waals surface area contributed by atoms with Gasteiger partial charge in [-0.3, -0.25) is 4.99 Å². The molecule has 2 aromatic rings. The maximum atomic E-state index is 12.9. The average Bonchev–Trinajstić information content (AvgIpc) is 3.17. The molecule has 1 aliphatic heterocycles. The predicted molar refractivity (Wildman–Crippen MR) is 111 cm³/mol. The van der Waals surface area contributed by atoms with E-state index in [0.717, 1.165) is 44.3 Å². The number of aliphatic imine (C=N–C) groups is 1. The largest absolute Gasteiger partial charge is 0.494 e. The molecule has 1 aromatic carbocycles. The van der Waals surface area contributed by atoms with Crippen LogP contribution in [-0.4, -0.2) is 50.3 Å². The summed E-state index contributed by atoms with van der Waals surface area (Å²) in [6.45, 7) is 3.00. The molecule has 0 bridgehead atoms. The fourth-order valence-corrected chi connectivity index (χ4v) is 3.31. The number of aromatic nitrogens is 1. The van der Waals surface area contributed by atoms with Gasteiger partial charge in [0.05, 0.1) is 11.6 Å². The molecule has 2 N–H and O–H groups in total. The van der Waals surface area contributed by atoms with E-state index in [9.17, 15) is 4.39 Å². The van der Waals surface area contributed by atoms with E-state index < -0.39 is 0 Å². The van der Waals surface area contributed by atoms with E-state index in [-0.39, 0.29) is 11.9 Å². The number of hydrogen-bond acceptors (Lipinski definition) is 4. The second-order valence-corrected chi connectivity index (χ2v) is 6.95. The van der Waals surface area contributed by atoms with Gasteiger partial charge in [-0.05, 0) is 49.2 Å². The monoisotopic (exact) mass is 405 g/mol. The van der Waals surface area contributed by atoms with Crippen molar-refractivity contribution >= 4 is 23.4 Å². The summed E-state index contributed by atoms with van der Waals surface area (Å²) in [6, 6.07) is 10.0. The van der Waals surface area contributed by atoms with Gasteiger partial charge in [-0.2, -0.15) is 0 Å². The Morgan fingerprint density at radius 3 is 2.93 bits per heavy atom. The molecule has 8 heteroatoms. The predicted octanol–water partition coefficient (Wildman–Crippen LogP) is 3.09. The van der Waals surface area contributed by atoms with Gasteiger partial charge >= 0.3 is 0 Å². The number of halogens is 2. The van der Waals surface area contributed by atoms with Crippen LogP contribution in [0.2, 0.25) is 5.02 Å². The molecular formula is C20H25ClFN5O. The number of hydrogen-bond donors (Lipinski definition) is 2. The third-order valence-corrected chi connectivity index (χ3v) is 4.78. The van der Waals surface area contributed by atoms with Gasteiger partial charge < -0.3 is 20.3 Å². The molecule has 2 heterocycles. The standard InChI is InChI=1S/C20H25ClFN5O/c1-23-20(25-11-3-13-28-17-7-5-15(22)6-8-17)26-16-9-12-27(14-16)19-18(21)4-2-10-24-19/h2,4-8,10,16H,3,9,11-14H2,1H3,(H2,23,25,26). The highest BCUT2D eigenvalue weighted by Gasteiger charge is 2.25. The fourth-order valence-electron chi connectivity index (χ4n) is 3.07. The second kappa shape index (κ2) is 10.1. The van der Waals surface area contributed by atoms with E-state index in [0.29, 0.717) is 17.4 Å². The van der Waals surface area contributed by atoms with Crippen molar-refractivity contribution < 1.29 is 9.13 Å². The Morgan fingerprint density at radius 1 is 1.36 bits per heavy atom. The lowest BCUT2D eigenvalue weighted by atomic mass is 10.3. The zero-order chi connectivity index (χ0) is 19.8. The number of anilines is 1. The van der Waals surface area contributed by atoms with Crippen LogP contribution in [0.1, 0.15) is 12.8 Å². The SMILES string of the molecule is CN=C(NCCCOc1ccc(F)cc1)NC1CCN(c2ncccc2Cl)C1. The van der Waals surface area contributed by atoms with Crippen molar-refractivity contribution in [1.82, 2.24) is 15.6 Å². The fraction of sp³-hybridized carbons (Fsp3) is 0.400. The Balaban J connectivity index is 1.37. The van der Waals surface area contributed by atoms with E-state index >= 15 is 0 Å². The quantitative estimate of drug-likeness (QED) is 0.421. The first-order valence-corrected chi connectivity index (χ1v) is 9.74. The van der Waals surface area contributed by atoms with Crippen LogP contribution in [0, 0.1) is 5.82 Å². The van der Waals surface area contributed by atoms with Crippen LogP contribution in [0.4, 0.5) is 10.2 Å². The van der Waals surface area contributed by atoms with Crippen LogP contribution in [0.3, 0.4) is 0 Å². The van der Waals surface area contributed by atoms with Gasteiger partial charge in [0.2, 0.25) is 0 Å². The summed E-state index contributed by atoms with van der Waals surface area (Å²) >= 11 is 6.24. The van der Waals surface area contributed by atoms with Crippen molar-refractivity contribution in [3.05, 3.63) is 53.4 Å². The summed E-state index contributed by atoms with van der Waals surface area (Å²) < 4.78 is 18.5. The molecule has 1 unspecified atom stereocenters. The number of benzene rings is 1. The van der Waals surface area contributed by atoms with E-state index in [1.54, 1.807) is 25.4 Å². The lowest BCUT2D eigenvalue weighted by Gasteiger charge is -2.20. The number of nitrogens with one attached hydrogen (secondary N) is 2. The molecule has 1 saturated heterocycles. The minimum atomic E-state index is -0.264. The summed E-state index contributed by atoms with van der Waals surface area (Å²) in [5.74, 6) is 2.00. The molecule has 1 aliphatic rings. The third-order valence-electron chi connectivity index (χ3n) is 4.49. The van der Waals surface area contributed by atoms with Crippen molar-refractivity contribution in [2.75, 3.05) is 38.2 Å². The van der Waals surface area contributed by atoms with Gasteiger partial charge in [0.1, 0.15) is 17.4 Å². The summed E-state index contributed by atoms with van der Waals surface area (Å²) in [4.78, 5) is 10.8. The third kappa shape index (κ3) is 5.73. The average molecular weight is 406 g/mol. The number of ether oxygens (including phenoxy) is 1. The summed E-state index contributed by atoms with van der Waals surface area (Å²) in [5.41, 5.74) is 0. The van der Waals surface area contributed by atoms with E-state index in [1.165, 1.54) is 12.1 Å². The van der Waals surface area contributed by atoms with Crippen molar-refractivity contribution in [3.8, 4) is 5.75 Å².